The molecule has 0 spiro atoms. The molecule has 0 bridgehead atoms. The lowest BCUT2D eigenvalue weighted by molar-refractivity contribution is 0.229. The van der Waals surface area contributed by atoms with Crippen molar-refractivity contribution in [3.63, 3.8) is 0 Å². The average molecular weight is 333 g/mol. The van der Waals surface area contributed by atoms with Crippen LogP contribution in [0.1, 0.15) is 11.1 Å². The highest BCUT2D eigenvalue weighted by Gasteiger charge is 2.09. The molecule has 124 valence electrons. The van der Waals surface area contributed by atoms with E-state index in [1.807, 2.05) is 38.4 Å². The Bertz CT molecular complexity index is 602. The van der Waals surface area contributed by atoms with Crippen LogP contribution in [0.2, 0.25) is 5.02 Å². The van der Waals surface area contributed by atoms with Crippen LogP contribution in [-0.2, 0) is 13.1 Å². The van der Waals surface area contributed by atoms with E-state index >= 15 is 0 Å². The Balaban J connectivity index is 1.87. The predicted octanol–water partition coefficient (Wildman–Crippen LogP) is 3.91. The molecule has 4 heteroatoms. The number of hydrogen-bond donors (Lipinski definition) is 0. The van der Waals surface area contributed by atoms with Crippen LogP contribution in [0.4, 0.5) is 0 Å². The zero-order valence-corrected chi connectivity index (χ0v) is 14.9. The predicted molar refractivity (Wildman–Crippen MR) is 97.1 cm³/mol. The normalized spacial score (nSPS) is 11.2. The molecule has 0 amide bonds. The summed E-state index contributed by atoms with van der Waals surface area (Å²) >= 11 is 6.31. The molecule has 0 aliphatic carbocycles. The smallest absolute Gasteiger partial charge is 0.125 e. The van der Waals surface area contributed by atoms with E-state index in [0.717, 1.165) is 36.0 Å². The Morgan fingerprint density at radius 2 is 1.65 bits per heavy atom. The first kappa shape index (κ1) is 17.8. The van der Waals surface area contributed by atoms with Crippen LogP contribution in [0.15, 0.2) is 48.5 Å². The Morgan fingerprint density at radius 3 is 2.35 bits per heavy atom. The number of hydrogen-bond acceptors (Lipinski definition) is 3. The fraction of sp³-hybridized carbons (Fsp3) is 0.368. The van der Waals surface area contributed by atoms with Gasteiger partial charge in [-0.15, -0.1) is 0 Å². The number of nitrogens with zero attached hydrogens (tertiary/aromatic N) is 2. The highest BCUT2D eigenvalue weighted by atomic mass is 35.5. The summed E-state index contributed by atoms with van der Waals surface area (Å²) in [4.78, 5) is 4.35. The first-order chi connectivity index (χ1) is 11.1. The van der Waals surface area contributed by atoms with E-state index in [2.05, 4.69) is 41.1 Å². The second kappa shape index (κ2) is 8.92. The summed E-state index contributed by atoms with van der Waals surface area (Å²) in [5.74, 6) is 0.874. The van der Waals surface area contributed by atoms with Gasteiger partial charge in [-0.2, -0.15) is 0 Å². The van der Waals surface area contributed by atoms with E-state index in [0.29, 0.717) is 6.61 Å². The molecule has 0 atom stereocenters. The number of rotatable bonds is 8. The molecule has 2 aromatic carbocycles. The second-order valence-electron chi connectivity index (χ2n) is 6.03. The van der Waals surface area contributed by atoms with Gasteiger partial charge in [0.15, 0.2) is 0 Å². The van der Waals surface area contributed by atoms with Crippen LogP contribution >= 0.6 is 11.6 Å². The first-order valence-corrected chi connectivity index (χ1v) is 8.21. The molecule has 3 nitrogen and oxygen atoms in total. The van der Waals surface area contributed by atoms with Gasteiger partial charge in [-0.05, 0) is 38.8 Å². The topological polar surface area (TPSA) is 15.7 Å². The molecular weight excluding hydrogens is 308 g/mol. The van der Waals surface area contributed by atoms with Crippen LogP contribution in [0.5, 0.6) is 5.75 Å². The standard InChI is InChI=1S/C19H25ClN2O/c1-21(2)15-17-18(20)10-7-11-19(17)23-13-12-22(3)14-16-8-5-4-6-9-16/h4-11H,12-15H2,1-3H3. The van der Waals surface area contributed by atoms with Gasteiger partial charge < -0.3 is 9.64 Å². The van der Waals surface area contributed by atoms with Crippen LogP contribution in [0.3, 0.4) is 0 Å². The van der Waals surface area contributed by atoms with Gasteiger partial charge in [-0.1, -0.05) is 48.0 Å². The van der Waals surface area contributed by atoms with Crippen LogP contribution in [-0.4, -0.2) is 44.1 Å². The number of ether oxygens (including phenoxy) is 1. The van der Waals surface area contributed by atoms with Crippen molar-refractivity contribution in [1.29, 1.82) is 0 Å². The Morgan fingerprint density at radius 1 is 0.913 bits per heavy atom. The maximum atomic E-state index is 6.31. The van der Waals surface area contributed by atoms with E-state index in [1.54, 1.807) is 0 Å². The molecule has 0 aromatic heterocycles. The molecule has 0 saturated heterocycles. The summed E-state index contributed by atoms with van der Waals surface area (Å²) < 4.78 is 5.97. The molecule has 23 heavy (non-hydrogen) atoms. The largest absolute Gasteiger partial charge is 0.492 e. The third kappa shape index (κ3) is 5.87. The van der Waals surface area contributed by atoms with E-state index in [4.69, 9.17) is 16.3 Å². The molecule has 0 heterocycles. The first-order valence-electron chi connectivity index (χ1n) is 7.83. The fourth-order valence-corrected chi connectivity index (χ4v) is 2.65. The van der Waals surface area contributed by atoms with Crippen molar-refractivity contribution in [2.45, 2.75) is 13.1 Å². The number of halogens is 1. The van der Waals surface area contributed by atoms with Gasteiger partial charge in [0, 0.05) is 30.2 Å². The minimum Gasteiger partial charge on any atom is -0.492 e. The van der Waals surface area contributed by atoms with Gasteiger partial charge in [-0.25, -0.2) is 0 Å². The molecule has 0 fully saturated rings. The van der Waals surface area contributed by atoms with Crippen molar-refractivity contribution >= 4 is 11.6 Å². The fourth-order valence-electron chi connectivity index (χ4n) is 2.43. The van der Waals surface area contributed by atoms with Crippen molar-refractivity contribution in [3.05, 3.63) is 64.7 Å². The molecule has 2 aromatic rings. The minimum atomic E-state index is 0.643. The third-order valence-electron chi connectivity index (χ3n) is 3.58. The van der Waals surface area contributed by atoms with Crippen molar-refractivity contribution < 1.29 is 4.74 Å². The average Bonchev–Trinajstić information content (AvgIpc) is 2.51. The van der Waals surface area contributed by atoms with Crippen molar-refractivity contribution in [2.75, 3.05) is 34.3 Å². The lowest BCUT2D eigenvalue weighted by atomic mass is 10.2. The quantitative estimate of drug-likeness (QED) is 0.729. The minimum absolute atomic E-state index is 0.643. The summed E-state index contributed by atoms with van der Waals surface area (Å²) in [7, 11) is 6.16. The lowest BCUT2D eigenvalue weighted by Crippen LogP contribution is -2.24. The highest BCUT2D eigenvalue weighted by molar-refractivity contribution is 6.31. The summed E-state index contributed by atoms with van der Waals surface area (Å²) in [6.45, 7) is 3.20. The molecule has 2 rings (SSSR count). The number of benzene rings is 2. The summed E-state index contributed by atoms with van der Waals surface area (Å²) in [5, 5.41) is 0.758. The van der Waals surface area contributed by atoms with Crippen LogP contribution in [0.25, 0.3) is 0 Å². The van der Waals surface area contributed by atoms with Gasteiger partial charge in [0.1, 0.15) is 12.4 Å². The van der Waals surface area contributed by atoms with Gasteiger partial charge in [0.05, 0.1) is 0 Å². The van der Waals surface area contributed by atoms with Crippen LogP contribution < -0.4 is 4.74 Å². The van der Waals surface area contributed by atoms with Gasteiger partial charge in [-0.3, -0.25) is 4.90 Å². The maximum Gasteiger partial charge on any atom is 0.125 e. The Hall–Kier alpha value is -1.55. The zero-order chi connectivity index (χ0) is 16.7. The third-order valence-corrected chi connectivity index (χ3v) is 3.93. The molecule has 0 aliphatic rings. The van der Waals surface area contributed by atoms with Gasteiger partial charge in [0.2, 0.25) is 0 Å². The van der Waals surface area contributed by atoms with E-state index in [1.165, 1.54) is 5.56 Å². The number of likely N-dealkylation sites (N-methyl/N-ethyl adjacent to an activating group) is 1. The second-order valence-corrected chi connectivity index (χ2v) is 6.43. The van der Waals surface area contributed by atoms with Gasteiger partial charge >= 0.3 is 0 Å². The molecule has 0 aliphatic heterocycles. The van der Waals surface area contributed by atoms with Crippen molar-refractivity contribution in [3.8, 4) is 5.75 Å². The van der Waals surface area contributed by atoms with Crippen molar-refractivity contribution in [2.24, 2.45) is 0 Å². The summed E-state index contributed by atoms with van der Waals surface area (Å²) in [6, 6.07) is 16.3. The lowest BCUT2D eigenvalue weighted by Gasteiger charge is -2.19. The van der Waals surface area contributed by atoms with Gasteiger partial charge in [0.25, 0.3) is 0 Å². The zero-order valence-electron chi connectivity index (χ0n) is 14.1. The van der Waals surface area contributed by atoms with E-state index in [-0.39, 0.29) is 0 Å². The molecular formula is C19H25ClN2O. The monoisotopic (exact) mass is 332 g/mol. The highest BCUT2D eigenvalue weighted by Crippen LogP contribution is 2.27. The van der Waals surface area contributed by atoms with Crippen LogP contribution in [0, 0.1) is 0 Å². The van der Waals surface area contributed by atoms with Crippen molar-refractivity contribution in [1.82, 2.24) is 9.80 Å². The Labute approximate surface area is 144 Å². The SMILES string of the molecule is CN(C)Cc1c(Cl)cccc1OCCN(C)Cc1ccccc1. The Kier molecular flexibility index (Phi) is 6.90. The van der Waals surface area contributed by atoms with E-state index in [9.17, 15) is 0 Å². The summed E-state index contributed by atoms with van der Waals surface area (Å²) in [6.07, 6.45) is 0. The molecule has 0 radical (unpaired) electrons. The molecule has 0 saturated carbocycles. The molecule has 0 unspecified atom stereocenters. The molecule has 0 N–H and O–H groups in total. The van der Waals surface area contributed by atoms with E-state index < -0.39 is 0 Å². The maximum absolute atomic E-state index is 6.31. The summed E-state index contributed by atoms with van der Waals surface area (Å²) in [5.41, 5.74) is 2.36.